The number of pyridine rings is 1. The van der Waals surface area contributed by atoms with E-state index in [0.29, 0.717) is 17.9 Å². The molecule has 6 heteroatoms. The molecule has 0 aliphatic carbocycles. The second kappa shape index (κ2) is 6.29. The number of anilines is 1. The molecule has 0 unspecified atom stereocenters. The lowest BCUT2D eigenvalue weighted by Crippen LogP contribution is -2.42. The molecule has 5 nitrogen and oxygen atoms in total. The van der Waals surface area contributed by atoms with Gasteiger partial charge in [0.1, 0.15) is 13.3 Å². The minimum Gasteiger partial charge on any atom is -0.334 e. The summed E-state index contributed by atoms with van der Waals surface area (Å²) in [5.74, 6) is 0. The van der Waals surface area contributed by atoms with Gasteiger partial charge in [-0.05, 0) is 60.9 Å². The van der Waals surface area contributed by atoms with E-state index in [1.165, 1.54) is 22.5 Å². The van der Waals surface area contributed by atoms with Gasteiger partial charge >= 0.3 is 0 Å². The van der Waals surface area contributed by atoms with Gasteiger partial charge in [0.05, 0.1) is 4.53 Å². The van der Waals surface area contributed by atoms with Crippen LogP contribution in [0.3, 0.4) is 0 Å². The number of hydrogen-bond donors (Lipinski definition) is 0. The minimum atomic E-state index is 0.00892. The number of fused-ring (bicyclic) bond motifs is 1. The highest BCUT2D eigenvalue weighted by atomic mass is 32.1. The molecule has 0 fully saturated rings. The first-order valence-corrected chi connectivity index (χ1v) is 8.91. The zero-order valence-electron chi connectivity index (χ0n) is 14.1. The van der Waals surface area contributed by atoms with Crippen LogP contribution in [0.15, 0.2) is 52.5 Å². The van der Waals surface area contributed by atoms with Crippen molar-refractivity contribution >= 4 is 23.1 Å². The molecule has 0 saturated heterocycles. The van der Waals surface area contributed by atoms with Gasteiger partial charge in [0.2, 0.25) is 0 Å². The van der Waals surface area contributed by atoms with Crippen LogP contribution in [0.25, 0.3) is 6.08 Å². The first kappa shape index (κ1) is 15.8. The third-order valence-corrected chi connectivity index (χ3v) is 5.20. The summed E-state index contributed by atoms with van der Waals surface area (Å²) in [4.78, 5) is 24.3. The van der Waals surface area contributed by atoms with E-state index in [1.54, 1.807) is 17.0 Å². The molecule has 2 aromatic heterocycles. The number of aryl methyl sites for hydroxylation is 2. The lowest BCUT2D eigenvalue weighted by molar-refractivity contribution is 0.569. The zero-order valence-corrected chi connectivity index (χ0v) is 15.0. The summed E-state index contributed by atoms with van der Waals surface area (Å²) in [6, 6.07) is 10.2. The van der Waals surface area contributed by atoms with E-state index in [1.807, 2.05) is 18.2 Å². The Hall–Kier alpha value is -2.73. The van der Waals surface area contributed by atoms with E-state index in [4.69, 9.17) is 0 Å². The van der Waals surface area contributed by atoms with Gasteiger partial charge in [0, 0.05) is 18.1 Å². The molecular formula is C19H18N4OS. The summed E-state index contributed by atoms with van der Waals surface area (Å²) in [5, 5.41) is 0. The van der Waals surface area contributed by atoms with Crippen LogP contribution in [0.1, 0.15) is 16.7 Å². The Morgan fingerprint density at radius 3 is 2.56 bits per heavy atom. The van der Waals surface area contributed by atoms with Gasteiger partial charge < -0.3 is 4.90 Å². The third kappa shape index (κ3) is 3.13. The first-order chi connectivity index (χ1) is 12.1. The SMILES string of the molecule is Cc1cc(C)cc(N2CN=c3s/c(=C\c4ccncc4)c(=O)n3C2)c1. The molecule has 4 rings (SSSR count). The first-order valence-electron chi connectivity index (χ1n) is 8.09. The van der Waals surface area contributed by atoms with E-state index in [2.05, 4.69) is 46.9 Å². The molecule has 126 valence electrons. The highest BCUT2D eigenvalue weighted by molar-refractivity contribution is 7.07. The second-order valence-electron chi connectivity index (χ2n) is 6.23. The smallest absolute Gasteiger partial charge is 0.271 e. The summed E-state index contributed by atoms with van der Waals surface area (Å²) < 4.78 is 2.45. The maximum atomic E-state index is 12.8. The number of benzene rings is 1. The zero-order chi connectivity index (χ0) is 17.4. The Morgan fingerprint density at radius 1 is 1.12 bits per heavy atom. The van der Waals surface area contributed by atoms with E-state index >= 15 is 0 Å². The molecule has 1 aliphatic heterocycles. The average Bonchev–Trinajstić information content (AvgIpc) is 2.90. The quantitative estimate of drug-likeness (QED) is 0.708. The van der Waals surface area contributed by atoms with Crippen LogP contribution >= 0.6 is 11.3 Å². The topological polar surface area (TPSA) is 50.5 Å². The van der Waals surface area contributed by atoms with Crippen molar-refractivity contribution < 1.29 is 0 Å². The fourth-order valence-corrected chi connectivity index (χ4v) is 3.98. The lowest BCUT2D eigenvalue weighted by Gasteiger charge is -2.26. The van der Waals surface area contributed by atoms with E-state index in [-0.39, 0.29) is 5.56 Å². The standard InChI is InChI=1S/C19H18N4OS/c1-13-7-14(2)9-16(8-13)22-11-21-19-23(12-22)18(24)17(25-19)10-15-3-5-20-6-4-15/h3-10H,11-12H2,1-2H3/b17-10-. The van der Waals surface area contributed by atoms with Gasteiger partial charge in [-0.3, -0.25) is 14.3 Å². The molecule has 0 radical (unpaired) electrons. The Kier molecular flexibility index (Phi) is 3.97. The molecule has 0 atom stereocenters. The van der Waals surface area contributed by atoms with Gasteiger partial charge in [-0.15, -0.1) is 0 Å². The number of thiazole rings is 1. The van der Waals surface area contributed by atoms with Gasteiger partial charge in [0.15, 0.2) is 4.80 Å². The van der Waals surface area contributed by atoms with E-state index in [0.717, 1.165) is 16.1 Å². The normalized spacial score (nSPS) is 14.3. The molecule has 0 bridgehead atoms. The van der Waals surface area contributed by atoms with Crippen LogP contribution in [0.4, 0.5) is 5.69 Å². The van der Waals surface area contributed by atoms with Crippen molar-refractivity contribution in [3.8, 4) is 0 Å². The highest BCUT2D eigenvalue weighted by Gasteiger charge is 2.16. The van der Waals surface area contributed by atoms with E-state index < -0.39 is 0 Å². The van der Waals surface area contributed by atoms with Crippen LogP contribution < -0.4 is 19.8 Å². The fraction of sp³-hybridized carbons (Fsp3) is 0.211. The van der Waals surface area contributed by atoms with Crippen molar-refractivity contribution in [1.29, 1.82) is 0 Å². The van der Waals surface area contributed by atoms with Crippen LogP contribution in [-0.4, -0.2) is 16.2 Å². The average molecular weight is 350 g/mol. The van der Waals surface area contributed by atoms with Crippen molar-refractivity contribution in [2.24, 2.45) is 4.99 Å². The molecule has 3 aromatic rings. The van der Waals surface area contributed by atoms with Crippen LogP contribution in [0, 0.1) is 13.8 Å². The highest BCUT2D eigenvalue weighted by Crippen LogP contribution is 2.19. The fourth-order valence-electron chi connectivity index (χ4n) is 3.02. The maximum absolute atomic E-state index is 12.8. The van der Waals surface area contributed by atoms with Gasteiger partial charge in [-0.25, -0.2) is 4.99 Å². The summed E-state index contributed by atoms with van der Waals surface area (Å²) >= 11 is 1.44. The summed E-state index contributed by atoms with van der Waals surface area (Å²) in [5.41, 5.74) is 4.51. The minimum absolute atomic E-state index is 0.00892. The van der Waals surface area contributed by atoms with Crippen LogP contribution in [-0.2, 0) is 6.67 Å². The summed E-state index contributed by atoms with van der Waals surface area (Å²) in [6.07, 6.45) is 5.35. The molecule has 1 aromatic carbocycles. The monoisotopic (exact) mass is 350 g/mol. The van der Waals surface area contributed by atoms with Crippen molar-refractivity contribution in [3.63, 3.8) is 0 Å². The van der Waals surface area contributed by atoms with Crippen molar-refractivity contribution in [2.45, 2.75) is 20.5 Å². The Balaban J connectivity index is 1.73. The van der Waals surface area contributed by atoms with Gasteiger partial charge in [-0.1, -0.05) is 17.4 Å². The number of aromatic nitrogens is 2. The number of rotatable bonds is 2. The predicted octanol–water partition coefficient (Wildman–Crippen LogP) is 1.81. The predicted molar refractivity (Wildman–Crippen MR) is 100 cm³/mol. The van der Waals surface area contributed by atoms with Crippen LogP contribution in [0.2, 0.25) is 0 Å². The Bertz CT molecular complexity index is 1080. The molecule has 1 aliphatic rings. The summed E-state index contributed by atoms with van der Waals surface area (Å²) in [7, 11) is 0. The number of hydrogen-bond acceptors (Lipinski definition) is 5. The Morgan fingerprint density at radius 2 is 1.84 bits per heavy atom. The van der Waals surface area contributed by atoms with Crippen molar-refractivity contribution in [2.75, 3.05) is 11.6 Å². The maximum Gasteiger partial charge on any atom is 0.271 e. The molecular weight excluding hydrogens is 332 g/mol. The van der Waals surface area contributed by atoms with E-state index in [9.17, 15) is 4.79 Å². The Labute approximate surface area is 149 Å². The molecule has 0 N–H and O–H groups in total. The molecule has 3 heterocycles. The largest absolute Gasteiger partial charge is 0.334 e. The molecule has 25 heavy (non-hydrogen) atoms. The van der Waals surface area contributed by atoms with Crippen molar-refractivity contribution in [1.82, 2.24) is 9.55 Å². The van der Waals surface area contributed by atoms with Gasteiger partial charge in [0.25, 0.3) is 5.56 Å². The summed E-state index contributed by atoms with van der Waals surface area (Å²) in [6.45, 7) is 5.27. The molecule has 0 amide bonds. The van der Waals surface area contributed by atoms with Crippen molar-refractivity contribution in [3.05, 3.63) is 79.1 Å². The second-order valence-corrected chi connectivity index (χ2v) is 7.24. The number of nitrogens with zero attached hydrogens (tertiary/aromatic N) is 4. The molecule has 0 saturated carbocycles. The van der Waals surface area contributed by atoms with Crippen LogP contribution in [0.5, 0.6) is 0 Å². The van der Waals surface area contributed by atoms with Gasteiger partial charge in [-0.2, -0.15) is 0 Å². The molecule has 0 spiro atoms. The third-order valence-electron chi connectivity index (χ3n) is 4.15. The lowest BCUT2D eigenvalue weighted by atomic mass is 10.1.